The lowest BCUT2D eigenvalue weighted by molar-refractivity contribution is -0.402. The van der Waals surface area contributed by atoms with Crippen LogP contribution in [0, 0.1) is 10.1 Å². The van der Waals surface area contributed by atoms with Crippen LogP contribution in [0.5, 0.6) is 5.75 Å². The van der Waals surface area contributed by atoms with E-state index in [0.29, 0.717) is 11.7 Å². The van der Waals surface area contributed by atoms with E-state index in [9.17, 15) is 14.9 Å². The number of nitrogens with zero attached hydrogens (tertiary/aromatic N) is 2. The van der Waals surface area contributed by atoms with E-state index in [1.807, 2.05) is 24.3 Å². The third kappa shape index (κ3) is 5.73. The van der Waals surface area contributed by atoms with Crippen molar-refractivity contribution in [2.45, 2.75) is 32.6 Å². The Morgan fingerprint density at radius 3 is 2.69 bits per heavy atom. The van der Waals surface area contributed by atoms with Crippen molar-refractivity contribution >= 4 is 18.0 Å². The van der Waals surface area contributed by atoms with Gasteiger partial charge in [0.2, 0.25) is 0 Å². The number of amides is 1. The summed E-state index contributed by atoms with van der Waals surface area (Å²) in [4.78, 5) is 21.5. The molecule has 0 bridgehead atoms. The molecule has 0 saturated carbocycles. The molecule has 0 saturated heterocycles. The zero-order valence-electron chi connectivity index (χ0n) is 14.7. The number of rotatable bonds is 9. The molecular formula is C18H21N3O5. The molecule has 1 aromatic carbocycles. The molecule has 0 aliphatic rings. The third-order valence-electron chi connectivity index (χ3n) is 3.71. The number of hydrogen-bond donors (Lipinski definition) is 1. The second-order valence-electron chi connectivity index (χ2n) is 5.77. The number of furan rings is 1. The van der Waals surface area contributed by atoms with E-state index in [2.05, 4.69) is 24.4 Å². The van der Waals surface area contributed by atoms with Crippen molar-refractivity contribution in [3.8, 4) is 5.75 Å². The van der Waals surface area contributed by atoms with Crippen LogP contribution in [0.25, 0.3) is 0 Å². The summed E-state index contributed by atoms with van der Waals surface area (Å²) in [5, 5.41) is 14.2. The Morgan fingerprint density at radius 1 is 1.35 bits per heavy atom. The van der Waals surface area contributed by atoms with E-state index in [1.165, 1.54) is 23.9 Å². The Bertz CT molecular complexity index is 767. The second-order valence-corrected chi connectivity index (χ2v) is 5.77. The van der Waals surface area contributed by atoms with Crippen LogP contribution >= 0.6 is 0 Å². The van der Waals surface area contributed by atoms with E-state index in [-0.39, 0.29) is 12.4 Å². The van der Waals surface area contributed by atoms with E-state index in [1.54, 1.807) is 0 Å². The first kappa shape index (κ1) is 19.2. The van der Waals surface area contributed by atoms with Crippen molar-refractivity contribution in [3.63, 3.8) is 0 Å². The first-order valence-electron chi connectivity index (χ1n) is 8.28. The fraction of sp³-hybridized carbons (Fsp3) is 0.333. The van der Waals surface area contributed by atoms with Gasteiger partial charge in [-0.3, -0.25) is 14.9 Å². The molecule has 1 unspecified atom stereocenters. The van der Waals surface area contributed by atoms with E-state index in [0.717, 1.165) is 12.8 Å². The highest BCUT2D eigenvalue weighted by Gasteiger charge is 2.10. The van der Waals surface area contributed by atoms with E-state index >= 15 is 0 Å². The predicted molar refractivity (Wildman–Crippen MR) is 96.4 cm³/mol. The molecule has 8 nitrogen and oxygen atoms in total. The normalized spacial score (nSPS) is 12.1. The first-order chi connectivity index (χ1) is 12.5. The summed E-state index contributed by atoms with van der Waals surface area (Å²) >= 11 is 0. The number of nitrogens with one attached hydrogen (secondary N) is 1. The second kappa shape index (κ2) is 9.36. The molecule has 0 fully saturated rings. The van der Waals surface area contributed by atoms with Crippen LogP contribution in [0.4, 0.5) is 5.88 Å². The molecule has 1 amide bonds. The van der Waals surface area contributed by atoms with Crippen molar-refractivity contribution in [2.24, 2.45) is 5.10 Å². The van der Waals surface area contributed by atoms with Crippen LogP contribution in [0.2, 0.25) is 0 Å². The van der Waals surface area contributed by atoms with E-state index < -0.39 is 16.7 Å². The maximum absolute atomic E-state index is 11.7. The maximum Gasteiger partial charge on any atom is 0.433 e. The van der Waals surface area contributed by atoms with Gasteiger partial charge in [0, 0.05) is 0 Å². The number of hydrazone groups is 1. The average Bonchev–Trinajstić information content (AvgIpc) is 3.10. The lowest BCUT2D eigenvalue weighted by atomic mass is 9.97. The standard InChI is InChI=1S/C18H21N3O5/c1-3-4-13(2)14-5-7-15(8-6-14)25-12-17(22)20-19-11-16-9-10-18(26-16)21(23)24/h5-11,13H,3-4,12H2,1-2H3,(H,20,22). The van der Waals surface area contributed by atoms with Crippen molar-refractivity contribution in [2.75, 3.05) is 6.61 Å². The first-order valence-corrected chi connectivity index (χ1v) is 8.28. The minimum atomic E-state index is -0.655. The predicted octanol–water partition coefficient (Wildman–Crippen LogP) is 3.62. The summed E-state index contributed by atoms with van der Waals surface area (Å²) in [6, 6.07) is 10.2. The highest BCUT2D eigenvalue weighted by Crippen LogP contribution is 2.22. The highest BCUT2D eigenvalue weighted by atomic mass is 16.6. The van der Waals surface area contributed by atoms with Gasteiger partial charge >= 0.3 is 5.88 Å². The topological polar surface area (TPSA) is 107 Å². The molecule has 0 radical (unpaired) electrons. The van der Waals surface area contributed by atoms with Crippen LogP contribution < -0.4 is 10.2 Å². The maximum atomic E-state index is 11.7. The molecule has 26 heavy (non-hydrogen) atoms. The van der Waals surface area contributed by atoms with Gasteiger partial charge in [0.25, 0.3) is 5.91 Å². The summed E-state index contributed by atoms with van der Waals surface area (Å²) in [6.45, 7) is 4.14. The highest BCUT2D eigenvalue weighted by molar-refractivity contribution is 5.81. The molecule has 1 N–H and O–H groups in total. The Morgan fingerprint density at radius 2 is 2.08 bits per heavy atom. The number of hydrogen-bond acceptors (Lipinski definition) is 6. The van der Waals surface area contributed by atoms with Crippen LogP contribution in [-0.4, -0.2) is 23.7 Å². The van der Waals surface area contributed by atoms with Gasteiger partial charge in [0.05, 0.1) is 12.3 Å². The number of ether oxygens (including phenoxy) is 1. The number of nitro groups is 1. The Hall–Kier alpha value is -3.16. The molecule has 1 heterocycles. The van der Waals surface area contributed by atoms with Gasteiger partial charge in [-0.2, -0.15) is 5.10 Å². The average molecular weight is 359 g/mol. The fourth-order valence-electron chi connectivity index (χ4n) is 2.35. The van der Waals surface area contributed by atoms with Crippen LogP contribution in [0.15, 0.2) is 45.9 Å². The summed E-state index contributed by atoms with van der Waals surface area (Å²) in [6.07, 6.45) is 3.43. The zero-order chi connectivity index (χ0) is 18.9. The molecule has 0 spiro atoms. The molecule has 0 aliphatic carbocycles. The molecule has 1 aromatic heterocycles. The van der Waals surface area contributed by atoms with Crippen molar-refractivity contribution in [1.82, 2.24) is 5.43 Å². The lowest BCUT2D eigenvalue weighted by Gasteiger charge is -2.11. The van der Waals surface area contributed by atoms with Gasteiger partial charge in [-0.05, 0) is 36.1 Å². The largest absolute Gasteiger partial charge is 0.484 e. The van der Waals surface area contributed by atoms with Crippen molar-refractivity contribution in [3.05, 3.63) is 57.8 Å². The van der Waals surface area contributed by atoms with Gasteiger partial charge in [-0.1, -0.05) is 32.4 Å². The SMILES string of the molecule is CCCC(C)c1ccc(OCC(=O)NN=Cc2ccc([N+](=O)[O-])o2)cc1. The zero-order valence-corrected chi connectivity index (χ0v) is 14.7. The Kier molecular flexibility index (Phi) is 6.90. The van der Waals surface area contributed by atoms with Crippen LogP contribution in [0.3, 0.4) is 0 Å². The fourth-order valence-corrected chi connectivity index (χ4v) is 2.35. The van der Waals surface area contributed by atoms with Crippen molar-refractivity contribution in [1.29, 1.82) is 0 Å². The van der Waals surface area contributed by atoms with Crippen LogP contribution in [0.1, 0.15) is 43.9 Å². The molecule has 138 valence electrons. The number of benzene rings is 1. The molecule has 8 heteroatoms. The quantitative estimate of drug-likeness (QED) is 0.418. The number of carbonyl (C=O) groups is 1. The Balaban J connectivity index is 1.77. The minimum Gasteiger partial charge on any atom is -0.484 e. The minimum absolute atomic E-state index is 0.162. The van der Waals surface area contributed by atoms with Gasteiger partial charge in [0.15, 0.2) is 12.4 Å². The van der Waals surface area contributed by atoms with E-state index in [4.69, 9.17) is 9.15 Å². The monoisotopic (exact) mass is 359 g/mol. The molecule has 0 aliphatic heterocycles. The van der Waals surface area contributed by atoms with Gasteiger partial charge in [-0.25, -0.2) is 5.43 Å². The summed E-state index contributed by atoms with van der Waals surface area (Å²) in [5.74, 6) is 0.403. The third-order valence-corrected chi connectivity index (χ3v) is 3.71. The smallest absolute Gasteiger partial charge is 0.433 e. The summed E-state index contributed by atoms with van der Waals surface area (Å²) < 4.78 is 10.3. The summed E-state index contributed by atoms with van der Waals surface area (Å²) in [5.41, 5.74) is 3.50. The summed E-state index contributed by atoms with van der Waals surface area (Å²) in [7, 11) is 0. The molecule has 2 rings (SSSR count). The van der Waals surface area contributed by atoms with Crippen molar-refractivity contribution < 1.29 is 18.9 Å². The molecule has 1 atom stereocenters. The number of carbonyl (C=O) groups excluding carboxylic acids is 1. The van der Waals surface area contributed by atoms with Gasteiger partial charge < -0.3 is 9.15 Å². The molecular weight excluding hydrogens is 338 g/mol. The van der Waals surface area contributed by atoms with Gasteiger partial charge in [-0.15, -0.1) is 0 Å². The van der Waals surface area contributed by atoms with Gasteiger partial charge in [0.1, 0.15) is 10.7 Å². The Labute approximate surface area is 151 Å². The lowest BCUT2D eigenvalue weighted by Crippen LogP contribution is -2.24. The molecule has 2 aromatic rings. The van der Waals surface area contributed by atoms with Crippen LogP contribution in [-0.2, 0) is 4.79 Å².